The lowest BCUT2D eigenvalue weighted by atomic mass is 10.1. The van der Waals surface area contributed by atoms with E-state index in [1.807, 2.05) is 0 Å². The number of hydrogen-bond donors (Lipinski definition) is 0. The molecule has 96 valence electrons. The third-order valence-corrected chi connectivity index (χ3v) is 3.88. The van der Waals surface area contributed by atoms with Gasteiger partial charge in [-0.05, 0) is 25.1 Å². The van der Waals surface area contributed by atoms with Gasteiger partial charge in [-0.3, -0.25) is 0 Å². The molecule has 2 rings (SSSR count). The number of nitrogens with zero attached hydrogens (tertiary/aromatic N) is 2. The Morgan fingerprint density at radius 2 is 1.83 bits per heavy atom. The zero-order valence-electron chi connectivity index (χ0n) is 9.47. The molecule has 0 aliphatic rings. The smallest absolute Gasteiger partial charge is 0.207 e. The van der Waals surface area contributed by atoms with E-state index in [0.29, 0.717) is 0 Å². The summed E-state index contributed by atoms with van der Waals surface area (Å²) in [4.78, 5) is 0. The van der Waals surface area contributed by atoms with Crippen molar-refractivity contribution in [2.24, 2.45) is 0 Å². The summed E-state index contributed by atoms with van der Waals surface area (Å²) in [6.45, 7) is 1.48. The van der Waals surface area contributed by atoms with Gasteiger partial charge in [-0.15, -0.1) is 0 Å². The van der Waals surface area contributed by atoms with Crippen molar-refractivity contribution in [1.82, 2.24) is 9.19 Å². The first kappa shape index (κ1) is 12.7. The van der Waals surface area contributed by atoms with Gasteiger partial charge < -0.3 is 0 Å². The Morgan fingerprint density at radius 1 is 1.22 bits per heavy atom. The van der Waals surface area contributed by atoms with Crippen LogP contribution in [0.1, 0.15) is 6.92 Å². The van der Waals surface area contributed by atoms with E-state index in [-0.39, 0.29) is 17.0 Å². The first-order valence-electron chi connectivity index (χ1n) is 5.18. The van der Waals surface area contributed by atoms with Gasteiger partial charge in [-0.2, -0.15) is 9.19 Å². The van der Waals surface area contributed by atoms with Crippen molar-refractivity contribution >= 4 is 10.0 Å². The van der Waals surface area contributed by atoms with Crippen LogP contribution in [0.3, 0.4) is 0 Å². The predicted molar refractivity (Wildman–Crippen MR) is 62.4 cm³/mol. The molecule has 0 aliphatic carbocycles. The normalized spacial score (nSPS) is 11.7. The lowest BCUT2D eigenvalue weighted by Crippen LogP contribution is -2.15. The van der Waals surface area contributed by atoms with Crippen molar-refractivity contribution in [1.29, 1.82) is 0 Å². The highest BCUT2D eigenvalue weighted by atomic mass is 32.2. The first-order chi connectivity index (χ1) is 8.42. The van der Waals surface area contributed by atoms with Crippen LogP contribution in [-0.4, -0.2) is 23.4 Å². The molecule has 0 unspecified atom stereocenters. The molecule has 0 atom stereocenters. The Labute approximate surface area is 103 Å². The lowest BCUT2D eigenvalue weighted by Gasteiger charge is -2.00. The number of aromatic nitrogens is 2. The number of halogens is 2. The first-order valence-corrected chi connectivity index (χ1v) is 6.78. The third-order valence-electron chi connectivity index (χ3n) is 2.37. The molecule has 0 saturated heterocycles. The molecular weight excluding hydrogens is 262 g/mol. The zero-order valence-corrected chi connectivity index (χ0v) is 10.3. The summed E-state index contributed by atoms with van der Waals surface area (Å²) >= 11 is 0. The van der Waals surface area contributed by atoms with E-state index in [0.717, 1.165) is 22.3 Å². The summed E-state index contributed by atoms with van der Waals surface area (Å²) in [6, 6.07) is 4.31. The van der Waals surface area contributed by atoms with Crippen LogP contribution in [0.4, 0.5) is 8.78 Å². The van der Waals surface area contributed by atoms with Gasteiger partial charge in [-0.1, -0.05) is 0 Å². The summed E-state index contributed by atoms with van der Waals surface area (Å²) in [5.74, 6) is -1.58. The molecule has 0 aliphatic heterocycles. The monoisotopic (exact) mass is 272 g/mol. The lowest BCUT2D eigenvalue weighted by molar-refractivity contribution is 0.581. The van der Waals surface area contributed by atoms with E-state index in [9.17, 15) is 17.2 Å². The van der Waals surface area contributed by atoms with Crippen molar-refractivity contribution in [3.05, 3.63) is 42.1 Å². The Hall–Kier alpha value is -1.76. The van der Waals surface area contributed by atoms with E-state index in [1.165, 1.54) is 19.2 Å². The van der Waals surface area contributed by atoms with Gasteiger partial charge in [0.05, 0.1) is 11.4 Å². The maximum Gasteiger partial charge on any atom is 0.253 e. The van der Waals surface area contributed by atoms with Crippen molar-refractivity contribution in [2.75, 3.05) is 5.75 Å². The van der Waals surface area contributed by atoms with Crippen LogP contribution >= 0.6 is 0 Å². The molecule has 2 aromatic rings. The minimum atomic E-state index is -3.49. The standard InChI is InChI=1S/C11H10F2N2O2S/c1-2-18(16,17)15-4-3-11(14-15)8-5-9(12)7-10(13)6-8/h3-7H,2H2,1H3. The minimum absolute atomic E-state index is 0.106. The quantitative estimate of drug-likeness (QED) is 0.859. The molecule has 1 aromatic heterocycles. The molecule has 7 heteroatoms. The zero-order chi connectivity index (χ0) is 13.3. The maximum absolute atomic E-state index is 13.0. The van der Waals surface area contributed by atoms with Crippen molar-refractivity contribution < 1.29 is 17.2 Å². The molecule has 0 spiro atoms. The fourth-order valence-electron chi connectivity index (χ4n) is 1.45. The molecule has 0 amide bonds. The summed E-state index contributed by atoms with van der Waals surface area (Å²) < 4.78 is 49.9. The topological polar surface area (TPSA) is 52.0 Å². The van der Waals surface area contributed by atoms with Gasteiger partial charge in [0.15, 0.2) is 0 Å². The molecular formula is C11H10F2N2O2S. The van der Waals surface area contributed by atoms with E-state index in [1.54, 1.807) is 0 Å². The fourth-order valence-corrected chi connectivity index (χ4v) is 2.17. The molecule has 0 N–H and O–H groups in total. The van der Waals surface area contributed by atoms with Crippen LogP contribution in [0, 0.1) is 11.6 Å². The molecule has 18 heavy (non-hydrogen) atoms. The van der Waals surface area contributed by atoms with Crippen LogP contribution in [0.2, 0.25) is 0 Å². The van der Waals surface area contributed by atoms with Gasteiger partial charge in [0.1, 0.15) is 11.6 Å². The minimum Gasteiger partial charge on any atom is -0.207 e. The molecule has 0 radical (unpaired) electrons. The van der Waals surface area contributed by atoms with E-state index < -0.39 is 21.7 Å². The van der Waals surface area contributed by atoms with Gasteiger partial charge in [0.2, 0.25) is 0 Å². The highest BCUT2D eigenvalue weighted by Gasteiger charge is 2.13. The summed E-state index contributed by atoms with van der Waals surface area (Å²) in [7, 11) is -3.49. The second-order valence-corrected chi connectivity index (χ2v) is 5.75. The van der Waals surface area contributed by atoms with Crippen LogP contribution in [0.5, 0.6) is 0 Å². The maximum atomic E-state index is 13.0. The second-order valence-electron chi connectivity index (χ2n) is 3.63. The van der Waals surface area contributed by atoms with Gasteiger partial charge in [-0.25, -0.2) is 17.2 Å². The fraction of sp³-hybridized carbons (Fsp3) is 0.182. The highest BCUT2D eigenvalue weighted by Crippen LogP contribution is 2.20. The number of benzene rings is 1. The molecule has 0 saturated carbocycles. The third kappa shape index (κ3) is 2.40. The average molecular weight is 272 g/mol. The Morgan fingerprint density at radius 3 is 2.39 bits per heavy atom. The summed E-state index contributed by atoms with van der Waals surface area (Å²) in [5.41, 5.74) is 0.392. The van der Waals surface area contributed by atoms with Gasteiger partial charge in [0.25, 0.3) is 10.0 Å². The molecule has 1 heterocycles. The number of hydrogen-bond acceptors (Lipinski definition) is 3. The van der Waals surface area contributed by atoms with Crippen LogP contribution < -0.4 is 0 Å². The SMILES string of the molecule is CCS(=O)(=O)n1ccc(-c2cc(F)cc(F)c2)n1. The van der Waals surface area contributed by atoms with E-state index in [2.05, 4.69) is 5.10 Å². The van der Waals surface area contributed by atoms with Crippen LogP contribution in [-0.2, 0) is 10.0 Å². The van der Waals surface area contributed by atoms with Crippen LogP contribution in [0.15, 0.2) is 30.5 Å². The molecule has 0 bridgehead atoms. The molecule has 4 nitrogen and oxygen atoms in total. The average Bonchev–Trinajstić information content (AvgIpc) is 2.77. The van der Waals surface area contributed by atoms with Gasteiger partial charge >= 0.3 is 0 Å². The Bertz CT molecular complexity index is 660. The number of rotatable bonds is 3. The van der Waals surface area contributed by atoms with E-state index >= 15 is 0 Å². The molecule has 1 aromatic carbocycles. The molecule has 0 fully saturated rings. The van der Waals surface area contributed by atoms with Crippen molar-refractivity contribution in [3.63, 3.8) is 0 Å². The van der Waals surface area contributed by atoms with Crippen molar-refractivity contribution in [3.8, 4) is 11.3 Å². The van der Waals surface area contributed by atoms with Gasteiger partial charge in [0, 0.05) is 17.8 Å². The Kier molecular flexibility index (Phi) is 3.16. The van der Waals surface area contributed by atoms with Crippen molar-refractivity contribution in [2.45, 2.75) is 6.92 Å². The van der Waals surface area contributed by atoms with E-state index in [4.69, 9.17) is 0 Å². The second kappa shape index (κ2) is 4.49. The Balaban J connectivity index is 2.47. The van der Waals surface area contributed by atoms with Crippen LogP contribution in [0.25, 0.3) is 11.3 Å². The predicted octanol–water partition coefficient (Wildman–Crippen LogP) is 2.03. The highest BCUT2D eigenvalue weighted by molar-refractivity contribution is 7.89. The summed E-state index contributed by atoms with van der Waals surface area (Å²) in [6.07, 6.45) is 1.25. The largest absolute Gasteiger partial charge is 0.253 e. The summed E-state index contributed by atoms with van der Waals surface area (Å²) in [5, 5.41) is 3.80.